The molecular weight excluding hydrogens is 366 g/mol. The molecule has 1 aliphatic heterocycles. The van der Waals surface area contributed by atoms with Crippen molar-refractivity contribution < 1.29 is 19.0 Å². The smallest absolute Gasteiger partial charge is 0.263 e. The number of amides is 1. The topological polar surface area (TPSA) is 48.0 Å². The van der Waals surface area contributed by atoms with Crippen LogP contribution in [0.1, 0.15) is 27.0 Å². The van der Waals surface area contributed by atoms with E-state index >= 15 is 0 Å². The van der Waals surface area contributed by atoms with Gasteiger partial charge in [0.2, 0.25) is 5.75 Å². The number of hydrogen-bond acceptors (Lipinski definition) is 4. The number of para-hydroxylation sites is 1. The molecule has 4 rings (SSSR count). The lowest BCUT2D eigenvalue weighted by Crippen LogP contribution is -2.30. The van der Waals surface area contributed by atoms with Crippen molar-refractivity contribution in [2.45, 2.75) is 13.3 Å². The highest BCUT2D eigenvalue weighted by Crippen LogP contribution is 2.43. The zero-order valence-electron chi connectivity index (χ0n) is 17.0. The maximum Gasteiger partial charge on any atom is 0.263 e. The number of aryl methyl sites for hydroxylation is 1. The Balaban J connectivity index is 1.90. The minimum Gasteiger partial charge on any atom is -0.493 e. The van der Waals surface area contributed by atoms with Crippen LogP contribution in [0, 0.1) is 6.92 Å². The van der Waals surface area contributed by atoms with Gasteiger partial charge >= 0.3 is 0 Å². The van der Waals surface area contributed by atoms with E-state index < -0.39 is 0 Å². The molecule has 3 aromatic rings. The molecule has 5 heteroatoms. The first-order valence-electron chi connectivity index (χ1n) is 9.40. The number of hydrogen-bond donors (Lipinski definition) is 0. The van der Waals surface area contributed by atoms with E-state index in [0.717, 1.165) is 28.9 Å². The number of benzene rings is 3. The van der Waals surface area contributed by atoms with Crippen molar-refractivity contribution in [1.29, 1.82) is 0 Å². The molecule has 5 nitrogen and oxygen atoms in total. The van der Waals surface area contributed by atoms with Gasteiger partial charge in [0.25, 0.3) is 5.91 Å². The summed E-state index contributed by atoms with van der Waals surface area (Å²) >= 11 is 0. The summed E-state index contributed by atoms with van der Waals surface area (Å²) in [5.41, 5.74) is 5.71. The van der Waals surface area contributed by atoms with E-state index in [1.54, 1.807) is 38.4 Å². The second kappa shape index (κ2) is 7.51. The van der Waals surface area contributed by atoms with Gasteiger partial charge in [-0.25, -0.2) is 0 Å². The van der Waals surface area contributed by atoms with Gasteiger partial charge in [-0.2, -0.15) is 0 Å². The van der Waals surface area contributed by atoms with Crippen molar-refractivity contribution in [1.82, 2.24) is 0 Å². The number of nitrogens with zero attached hydrogens (tertiary/aromatic N) is 1. The quantitative estimate of drug-likeness (QED) is 0.637. The number of carbonyl (C=O) groups is 1. The van der Waals surface area contributed by atoms with Crippen molar-refractivity contribution in [3.8, 4) is 17.2 Å². The summed E-state index contributed by atoms with van der Waals surface area (Å²) < 4.78 is 16.3. The number of ether oxygens (including phenoxy) is 3. The van der Waals surface area contributed by atoms with E-state index in [2.05, 4.69) is 19.1 Å². The van der Waals surface area contributed by atoms with Crippen LogP contribution < -0.4 is 19.1 Å². The Labute approximate surface area is 170 Å². The fraction of sp³-hybridized carbons (Fsp3) is 0.208. The second-order valence-electron chi connectivity index (χ2n) is 6.93. The van der Waals surface area contributed by atoms with Crippen LogP contribution in [-0.2, 0) is 6.42 Å². The predicted molar refractivity (Wildman–Crippen MR) is 113 cm³/mol. The summed E-state index contributed by atoms with van der Waals surface area (Å²) in [6.45, 7) is 2.08. The van der Waals surface area contributed by atoms with Crippen molar-refractivity contribution in [2.24, 2.45) is 0 Å². The third kappa shape index (κ3) is 3.09. The molecule has 0 radical (unpaired) electrons. The highest BCUT2D eigenvalue weighted by atomic mass is 16.5. The zero-order chi connectivity index (χ0) is 20.5. The molecule has 148 valence electrons. The molecule has 0 aliphatic carbocycles. The molecule has 0 N–H and O–H groups in total. The van der Waals surface area contributed by atoms with E-state index in [1.807, 2.05) is 30.3 Å². The maximum atomic E-state index is 13.7. The highest BCUT2D eigenvalue weighted by molar-refractivity contribution is 6.13. The molecule has 0 spiro atoms. The summed E-state index contributed by atoms with van der Waals surface area (Å²) in [6.07, 6.45) is 0.803. The van der Waals surface area contributed by atoms with Crippen LogP contribution >= 0.6 is 0 Å². The summed E-state index contributed by atoms with van der Waals surface area (Å²) in [4.78, 5) is 15.5. The van der Waals surface area contributed by atoms with Gasteiger partial charge in [-0.15, -0.1) is 0 Å². The Kier molecular flexibility index (Phi) is 4.89. The summed E-state index contributed by atoms with van der Waals surface area (Å²) in [5, 5.41) is 0. The summed E-state index contributed by atoms with van der Waals surface area (Å²) in [7, 11) is 4.63. The fourth-order valence-corrected chi connectivity index (χ4v) is 3.88. The number of fused-ring (bicyclic) bond motifs is 2. The molecule has 0 atom stereocenters. The SMILES string of the molecule is COc1cc(C(=O)N2c3ccccc3Cc3c(C)cccc32)cc(OC)c1OC. The molecule has 0 bridgehead atoms. The van der Waals surface area contributed by atoms with Crippen LogP contribution in [0.15, 0.2) is 54.6 Å². The molecule has 29 heavy (non-hydrogen) atoms. The molecule has 0 saturated carbocycles. The van der Waals surface area contributed by atoms with Crippen LogP contribution in [0.2, 0.25) is 0 Å². The molecule has 1 amide bonds. The largest absolute Gasteiger partial charge is 0.493 e. The van der Waals surface area contributed by atoms with E-state index in [9.17, 15) is 4.79 Å². The summed E-state index contributed by atoms with van der Waals surface area (Å²) in [5.74, 6) is 1.21. The van der Waals surface area contributed by atoms with Crippen LogP contribution in [0.3, 0.4) is 0 Å². The van der Waals surface area contributed by atoms with E-state index in [-0.39, 0.29) is 5.91 Å². The average molecular weight is 389 g/mol. The van der Waals surface area contributed by atoms with Gasteiger partial charge in [0.15, 0.2) is 11.5 Å². The molecule has 0 aromatic heterocycles. The average Bonchev–Trinajstić information content (AvgIpc) is 2.76. The van der Waals surface area contributed by atoms with Crippen LogP contribution in [0.5, 0.6) is 17.2 Å². The Bertz CT molecular complexity index is 1060. The van der Waals surface area contributed by atoms with Gasteiger partial charge < -0.3 is 14.2 Å². The molecule has 3 aromatic carbocycles. The van der Waals surface area contributed by atoms with Gasteiger partial charge in [0, 0.05) is 12.0 Å². The summed E-state index contributed by atoms with van der Waals surface area (Å²) in [6, 6.07) is 17.4. The predicted octanol–water partition coefficient (Wildman–Crippen LogP) is 4.90. The molecule has 0 unspecified atom stereocenters. The van der Waals surface area contributed by atoms with Gasteiger partial charge in [-0.05, 0) is 47.9 Å². The minimum atomic E-state index is -0.150. The number of anilines is 2. The van der Waals surface area contributed by atoms with Gasteiger partial charge in [-0.1, -0.05) is 30.3 Å². The lowest BCUT2D eigenvalue weighted by molar-refractivity contribution is 0.0997. The first kappa shape index (κ1) is 18.9. The molecular formula is C24H23NO4. The standard InChI is InChI=1S/C24H23NO4/c1-15-8-7-11-20-18(15)12-16-9-5-6-10-19(16)25(20)24(26)17-13-21(27-2)23(29-4)22(14-17)28-3/h5-11,13-14H,12H2,1-4H3. The molecule has 0 saturated heterocycles. The van der Waals surface area contributed by atoms with E-state index in [0.29, 0.717) is 22.8 Å². The van der Waals surface area contributed by atoms with E-state index in [1.165, 1.54) is 5.56 Å². The molecule has 1 aliphatic rings. The zero-order valence-corrected chi connectivity index (χ0v) is 17.0. The van der Waals surface area contributed by atoms with E-state index in [4.69, 9.17) is 14.2 Å². The Morgan fingerprint density at radius 2 is 1.52 bits per heavy atom. The third-order valence-electron chi connectivity index (χ3n) is 5.34. The number of rotatable bonds is 4. The van der Waals surface area contributed by atoms with Crippen molar-refractivity contribution in [3.05, 3.63) is 76.9 Å². The van der Waals surface area contributed by atoms with Gasteiger partial charge in [0.05, 0.1) is 32.7 Å². The minimum absolute atomic E-state index is 0.150. The monoisotopic (exact) mass is 389 g/mol. The normalized spacial score (nSPS) is 12.1. The first-order chi connectivity index (χ1) is 14.1. The van der Waals surface area contributed by atoms with Crippen molar-refractivity contribution in [3.63, 3.8) is 0 Å². The Hall–Kier alpha value is -3.47. The van der Waals surface area contributed by atoms with Crippen molar-refractivity contribution >= 4 is 17.3 Å². The van der Waals surface area contributed by atoms with Crippen LogP contribution in [0.4, 0.5) is 11.4 Å². The van der Waals surface area contributed by atoms with Crippen LogP contribution in [-0.4, -0.2) is 27.2 Å². The number of carbonyl (C=O) groups excluding carboxylic acids is 1. The highest BCUT2D eigenvalue weighted by Gasteiger charge is 2.30. The van der Waals surface area contributed by atoms with Gasteiger partial charge in [0.1, 0.15) is 0 Å². The molecule has 0 fully saturated rings. The Morgan fingerprint density at radius 3 is 2.17 bits per heavy atom. The lowest BCUT2D eigenvalue weighted by Gasteiger charge is -2.32. The fourth-order valence-electron chi connectivity index (χ4n) is 3.88. The maximum absolute atomic E-state index is 13.7. The van der Waals surface area contributed by atoms with Gasteiger partial charge in [-0.3, -0.25) is 9.69 Å². The lowest BCUT2D eigenvalue weighted by atomic mass is 9.92. The van der Waals surface area contributed by atoms with Crippen LogP contribution in [0.25, 0.3) is 0 Å². The Morgan fingerprint density at radius 1 is 0.862 bits per heavy atom. The van der Waals surface area contributed by atoms with Crippen molar-refractivity contribution in [2.75, 3.05) is 26.2 Å². The number of methoxy groups -OCH3 is 3. The first-order valence-corrected chi connectivity index (χ1v) is 9.40. The second-order valence-corrected chi connectivity index (χ2v) is 6.93. The molecule has 1 heterocycles. The third-order valence-corrected chi connectivity index (χ3v) is 5.34.